The number of nitrogens with zero attached hydrogens (tertiary/aromatic N) is 1. The summed E-state index contributed by atoms with van der Waals surface area (Å²) in [6.07, 6.45) is 1.08. The van der Waals surface area contributed by atoms with Crippen LogP contribution in [0.4, 0.5) is 4.39 Å². The van der Waals surface area contributed by atoms with Crippen LogP contribution >= 0.6 is 0 Å². The highest BCUT2D eigenvalue weighted by molar-refractivity contribution is 4.97. The van der Waals surface area contributed by atoms with Crippen LogP contribution in [0.3, 0.4) is 0 Å². The van der Waals surface area contributed by atoms with Gasteiger partial charge < -0.3 is 15.4 Å². The summed E-state index contributed by atoms with van der Waals surface area (Å²) in [4.78, 5) is 9.15. The Hall–Kier alpha value is -1.37. The van der Waals surface area contributed by atoms with Crippen LogP contribution in [0.15, 0.2) is 11.8 Å². The average molecular weight is 233 g/mol. The van der Waals surface area contributed by atoms with Crippen molar-refractivity contribution in [2.45, 2.75) is 19.4 Å². The normalized spacial score (nSPS) is 26.2. The summed E-state index contributed by atoms with van der Waals surface area (Å²) in [5, 5.41) is 15.3. The van der Waals surface area contributed by atoms with E-state index < -0.39 is 10.9 Å². The third-order valence-corrected chi connectivity index (χ3v) is 2.47. The molecule has 7 heteroatoms. The van der Waals surface area contributed by atoms with Crippen LogP contribution in [0.5, 0.6) is 0 Å². The third kappa shape index (κ3) is 3.34. The molecule has 0 amide bonds. The van der Waals surface area contributed by atoms with Gasteiger partial charge in [0.25, 0.3) is 0 Å². The number of rotatable bonds is 5. The Balaban J connectivity index is 2.46. The average Bonchev–Trinajstić information content (AvgIpc) is 2.64. The van der Waals surface area contributed by atoms with E-state index in [-0.39, 0.29) is 17.8 Å². The van der Waals surface area contributed by atoms with Crippen molar-refractivity contribution in [1.82, 2.24) is 10.6 Å². The molecular formula is C9H16FN3O3. The van der Waals surface area contributed by atoms with Crippen molar-refractivity contribution in [3.63, 3.8) is 0 Å². The highest BCUT2D eigenvalue weighted by Gasteiger charge is 2.23. The Bertz CT molecular complexity index is 296. The maximum Gasteiger partial charge on any atom is 0.459 e. The van der Waals surface area contributed by atoms with E-state index in [9.17, 15) is 14.5 Å². The summed E-state index contributed by atoms with van der Waals surface area (Å²) >= 11 is 0. The van der Waals surface area contributed by atoms with Gasteiger partial charge in [0.2, 0.25) is 5.82 Å². The molecular weight excluding hydrogens is 217 g/mol. The van der Waals surface area contributed by atoms with Crippen LogP contribution in [0.25, 0.3) is 0 Å². The van der Waals surface area contributed by atoms with Gasteiger partial charge in [-0.05, 0) is 13.3 Å². The Kier molecular flexibility index (Phi) is 4.48. The highest BCUT2D eigenvalue weighted by atomic mass is 19.1. The van der Waals surface area contributed by atoms with Crippen LogP contribution < -0.4 is 10.6 Å². The molecule has 1 rings (SSSR count). The summed E-state index contributed by atoms with van der Waals surface area (Å²) in [5.74, 6) is -1.32. The quantitative estimate of drug-likeness (QED) is 0.413. The predicted molar refractivity (Wildman–Crippen MR) is 55.7 cm³/mol. The summed E-state index contributed by atoms with van der Waals surface area (Å²) in [6, 6.07) is 0. The minimum Gasteiger partial charge on any atom is -0.378 e. The van der Waals surface area contributed by atoms with Crippen LogP contribution in [0, 0.1) is 16.0 Å². The first-order valence-electron chi connectivity index (χ1n) is 5.12. The fraction of sp³-hybridized carbons (Fsp3) is 0.778. The van der Waals surface area contributed by atoms with Crippen molar-refractivity contribution in [1.29, 1.82) is 0 Å². The molecule has 2 unspecified atom stereocenters. The van der Waals surface area contributed by atoms with Crippen LogP contribution in [0.2, 0.25) is 0 Å². The number of nitrogens with one attached hydrogen (secondary N) is 2. The molecule has 1 heterocycles. The first-order valence-corrected chi connectivity index (χ1v) is 5.12. The van der Waals surface area contributed by atoms with Crippen LogP contribution in [-0.4, -0.2) is 31.2 Å². The molecule has 1 saturated heterocycles. The fourth-order valence-corrected chi connectivity index (χ4v) is 1.65. The second-order valence-corrected chi connectivity index (χ2v) is 3.80. The van der Waals surface area contributed by atoms with Gasteiger partial charge in [0.05, 0.1) is 17.6 Å². The molecule has 1 aliphatic heterocycles. The van der Waals surface area contributed by atoms with E-state index in [4.69, 9.17) is 4.74 Å². The highest BCUT2D eigenvalue weighted by Crippen LogP contribution is 2.18. The standard InChI is InChI=1S/C9H16FN3O3/c1-6-3-7(5-16-6)4-12-9(11-2)8(10)13(14)15/h6-7,11-12H,3-5H2,1-2H3. The molecule has 0 radical (unpaired) electrons. The summed E-state index contributed by atoms with van der Waals surface area (Å²) in [5.41, 5.74) is 0. The lowest BCUT2D eigenvalue weighted by Gasteiger charge is -2.11. The number of ether oxygens (including phenoxy) is 1. The molecule has 16 heavy (non-hydrogen) atoms. The molecule has 2 atom stereocenters. The van der Waals surface area contributed by atoms with Crippen molar-refractivity contribution >= 4 is 0 Å². The van der Waals surface area contributed by atoms with E-state index in [1.54, 1.807) is 0 Å². The van der Waals surface area contributed by atoms with Crippen molar-refractivity contribution in [2.75, 3.05) is 20.2 Å². The molecule has 0 aromatic carbocycles. The Morgan fingerprint density at radius 2 is 2.38 bits per heavy atom. The lowest BCUT2D eigenvalue weighted by molar-refractivity contribution is -0.449. The molecule has 0 bridgehead atoms. The van der Waals surface area contributed by atoms with Gasteiger partial charge in [-0.15, -0.1) is 4.39 Å². The van der Waals surface area contributed by atoms with Crippen molar-refractivity contribution in [3.05, 3.63) is 21.9 Å². The van der Waals surface area contributed by atoms with E-state index in [0.29, 0.717) is 13.2 Å². The lowest BCUT2D eigenvalue weighted by Crippen LogP contribution is -2.31. The first kappa shape index (κ1) is 12.7. The molecule has 6 nitrogen and oxygen atoms in total. The molecule has 2 N–H and O–H groups in total. The SMILES string of the molecule is CNC(NCC1COC(C)C1)=C(F)[N+](=O)[O-]. The monoisotopic (exact) mass is 233 g/mol. The number of hydrogen-bond acceptors (Lipinski definition) is 5. The maximum absolute atomic E-state index is 13.0. The van der Waals surface area contributed by atoms with Gasteiger partial charge >= 0.3 is 5.95 Å². The zero-order valence-electron chi connectivity index (χ0n) is 9.33. The molecule has 1 fully saturated rings. The van der Waals surface area contributed by atoms with Crippen molar-refractivity contribution in [2.24, 2.45) is 5.92 Å². The van der Waals surface area contributed by atoms with E-state index >= 15 is 0 Å². The van der Waals surface area contributed by atoms with E-state index in [0.717, 1.165) is 6.42 Å². The molecule has 0 aromatic rings. The minimum absolute atomic E-state index is 0.190. The zero-order chi connectivity index (χ0) is 12.1. The number of halogens is 1. The Morgan fingerprint density at radius 3 is 2.81 bits per heavy atom. The van der Waals surface area contributed by atoms with E-state index in [2.05, 4.69) is 10.6 Å². The van der Waals surface area contributed by atoms with E-state index in [1.807, 2.05) is 6.92 Å². The lowest BCUT2D eigenvalue weighted by atomic mass is 10.1. The minimum atomic E-state index is -1.39. The second-order valence-electron chi connectivity index (χ2n) is 3.80. The molecule has 0 aliphatic carbocycles. The summed E-state index contributed by atoms with van der Waals surface area (Å²) in [7, 11) is 1.43. The number of hydrogen-bond donors (Lipinski definition) is 2. The molecule has 0 aromatic heterocycles. The maximum atomic E-state index is 13.0. The van der Waals surface area contributed by atoms with Gasteiger partial charge in [0.15, 0.2) is 0 Å². The van der Waals surface area contributed by atoms with Crippen molar-refractivity contribution in [3.8, 4) is 0 Å². The fourth-order valence-electron chi connectivity index (χ4n) is 1.65. The van der Waals surface area contributed by atoms with E-state index in [1.165, 1.54) is 7.05 Å². The van der Waals surface area contributed by atoms with Gasteiger partial charge in [-0.2, -0.15) is 0 Å². The molecule has 92 valence electrons. The van der Waals surface area contributed by atoms with Gasteiger partial charge in [0.1, 0.15) is 0 Å². The number of nitro groups is 1. The molecule has 1 aliphatic rings. The van der Waals surface area contributed by atoms with Gasteiger partial charge in [-0.25, -0.2) is 0 Å². The van der Waals surface area contributed by atoms with Crippen LogP contribution in [0.1, 0.15) is 13.3 Å². The Labute approximate surface area is 93.0 Å². The van der Waals surface area contributed by atoms with Gasteiger partial charge in [-0.1, -0.05) is 0 Å². The zero-order valence-corrected chi connectivity index (χ0v) is 9.33. The predicted octanol–water partition coefficient (Wildman–Crippen LogP) is 0.593. The van der Waals surface area contributed by atoms with Gasteiger partial charge in [0, 0.05) is 19.5 Å². The van der Waals surface area contributed by atoms with Crippen molar-refractivity contribution < 1.29 is 14.1 Å². The second kappa shape index (κ2) is 5.64. The summed E-state index contributed by atoms with van der Waals surface area (Å²) < 4.78 is 18.3. The Morgan fingerprint density at radius 1 is 1.69 bits per heavy atom. The third-order valence-electron chi connectivity index (χ3n) is 2.47. The molecule has 0 saturated carbocycles. The smallest absolute Gasteiger partial charge is 0.378 e. The first-order chi connectivity index (χ1) is 7.54. The van der Waals surface area contributed by atoms with Crippen LogP contribution in [-0.2, 0) is 4.74 Å². The summed E-state index contributed by atoms with van der Waals surface area (Å²) in [6.45, 7) is 3.03. The molecule has 0 spiro atoms. The van der Waals surface area contributed by atoms with Gasteiger partial charge in [-0.3, -0.25) is 10.1 Å². The topological polar surface area (TPSA) is 76.4 Å². The largest absolute Gasteiger partial charge is 0.459 e.